The van der Waals surface area contributed by atoms with Gasteiger partial charge in [0.25, 0.3) is 5.91 Å². The highest BCUT2D eigenvalue weighted by molar-refractivity contribution is 5.94. The van der Waals surface area contributed by atoms with Gasteiger partial charge in [-0.1, -0.05) is 44.2 Å². The van der Waals surface area contributed by atoms with Gasteiger partial charge >= 0.3 is 0 Å². The third-order valence-corrected chi connectivity index (χ3v) is 4.36. The van der Waals surface area contributed by atoms with Crippen LogP contribution in [0.4, 0.5) is 5.82 Å². The largest absolute Gasteiger partial charge is 0.384 e. The summed E-state index contributed by atoms with van der Waals surface area (Å²) in [5.41, 5.74) is 7.26. The zero-order valence-corrected chi connectivity index (χ0v) is 14.1. The van der Waals surface area contributed by atoms with E-state index in [1.807, 2.05) is 35.2 Å². The number of nitrogens with zero attached hydrogens (tertiary/aromatic N) is 2. The Bertz CT molecular complexity index is 686. The van der Waals surface area contributed by atoms with Gasteiger partial charge < -0.3 is 15.4 Å². The number of aromatic nitrogens is 1. The lowest BCUT2D eigenvalue weighted by Gasteiger charge is -2.40. The molecule has 2 heterocycles. The van der Waals surface area contributed by atoms with Crippen LogP contribution in [0.1, 0.15) is 35.9 Å². The Hall–Kier alpha value is -2.40. The molecular formula is C19H23N3O2. The first-order valence-corrected chi connectivity index (χ1v) is 8.26. The molecule has 1 aliphatic rings. The number of hydrogen-bond donors (Lipinski definition) is 1. The van der Waals surface area contributed by atoms with Gasteiger partial charge in [-0.15, -0.1) is 0 Å². The molecule has 24 heavy (non-hydrogen) atoms. The van der Waals surface area contributed by atoms with Crippen LogP contribution in [0, 0.1) is 5.92 Å². The summed E-state index contributed by atoms with van der Waals surface area (Å²) in [4.78, 5) is 18.7. The normalized spacial score (nSPS) is 21.0. The number of morpholine rings is 1. The number of carbonyl (C=O) groups is 1. The lowest BCUT2D eigenvalue weighted by molar-refractivity contribution is -0.0954. The summed E-state index contributed by atoms with van der Waals surface area (Å²) in [7, 11) is 0. The van der Waals surface area contributed by atoms with Crippen LogP contribution in [-0.4, -0.2) is 35.0 Å². The van der Waals surface area contributed by atoms with Crippen molar-refractivity contribution in [2.45, 2.75) is 26.1 Å². The molecule has 1 aromatic carbocycles. The first kappa shape index (κ1) is 16.5. The van der Waals surface area contributed by atoms with Gasteiger partial charge in [0.05, 0.1) is 18.2 Å². The molecule has 1 fully saturated rings. The van der Waals surface area contributed by atoms with Gasteiger partial charge in [0.15, 0.2) is 0 Å². The summed E-state index contributed by atoms with van der Waals surface area (Å²) in [6, 6.07) is 13.4. The smallest absolute Gasteiger partial charge is 0.255 e. The van der Waals surface area contributed by atoms with Gasteiger partial charge in [0.1, 0.15) is 11.9 Å². The van der Waals surface area contributed by atoms with Crippen LogP contribution < -0.4 is 5.73 Å². The maximum Gasteiger partial charge on any atom is 0.255 e. The van der Waals surface area contributed by atoms with Crippen LogP contribution in [0.15, 0.2) is 48.7 Å². The van der Waals surface area contributed by atoms with Crippen molar-refractivity contribution < 1.29 is 9.53 Å². The Morgan fingerprint density at radius 1 is 1.21 bits per heavy atom. The van der Waals surface area contributed by atoms with E-state index < -0.39 is 0 Å². The Labute approximate surface area is 142 Å². The first-order chi connectivity index (χ1) is 11.5. The molecule has 0 bridgehead atoms. The summed E-state index contributed by atoms with van der Waals surface area (Å²) in [5.74, 6) is 0.712. The standard InChI is InChI=1S/C19H23N3O2/c1-13(2)16-11-22(19(23)15-8-9-18(20)21-10-15)12-17(24-16)14-6-4-3-5-7-14/h3-10,13,16-17H,11-12H2,1-2H3,(H2,20,21)/t16-,17+/m1/s1. The molecule has 126 valence electrons. The van der Waals surface area contributed by atoms with E-state index in [4.69, 9.17) is 10.5 Å². The molecule has 0 radical (unpaired) electrons. The maximum absolute atomic E-state index is 12.8. The summed E-state index contributed by atoms with van der Waals surface area (Å²) in [5, 5.41) is 0. The highest BCUT2D eigenvalue weighted by Crippen LogP contribution is 2.29. The monoisotopic (exact) mass is 325 g/mol. The van der Waals surface area contributed by atoms with Crippen molar-refractivity contribution in [3.8, 4) is 0 Å². The molecular weight excluding hydrogens is 302 g/mol. The molecule has 0 spiro atoms. The third kappa shape index (κ3) is 3.57. The van der Waals surface area contributed by atoms with Crippen molar-refractivity contribution in [1.82, 2.24) is 9.88 Å². The van der Waals surface area contributed by atoms with Crippen LogP contribution in [0.3, 0.4) is 0 Å². The number of nitrogens with two attached hydrogens (primary N) is 1. The molecule has 1 aromatic heterocycles. The Balaban J connectivity index is 1.83. The fraction of sp³-hybridized carbons (Fsp3) is 0.368. The number of rotatable bonds is 3. The van der Waals surface area contributed by atoms with Crippen LogP contribution in [0.5, 0.6) is 0 Å². The van der Waals surface area contributed by atoms with Gasteiger partial charge in [-0.05, 0) is 23.6 Å². The van der Waals surface area contributed by atoms with Crippen LogP contribution in [-0.2, 0) is 4.74 Å². The number of amides is 1. The van der Waals surface area contributed by atoms with Gasteiger partial charge in [0.2, 0.25) is 0 Å². The zero-order valence-electron chi connectivity index (χ0n) is 14.1. The fourth-order valence-corrected chi connectivity index (χ4v) is 2.89. The van der Waals surface area contributed by atoms with Gasteiger partial charge in [-0.2, -0.15) is 0 Å². The molecule has 5 heteroatoms. The second kappa shape index (κ2) is 7.01. The summed E-state index contributed by atoms with van der Waals surface area (Å²) in [6.07, 6.45) is 1.43. The van der Waals surface area contributed by atoms with Gasteiger partial charge in [-0.3, -0.25) is 4.79 Å². The Kier molecular flexibility index (Phi) is 4.81. The molecule has 2 aromatic rings. The average Bonchev–Trinajstić information content (AvgIpc) is 2.62. The van der Waals surface area contributed by atoms with Crippen LogP contribution in [0.2, 0.25) is 0 Å². The minimum absolute atomic E-state index is 0.00893. The van der Waals surface area contributed by atoms with Crippen molar-refractivity contribution in [3.63, 3.8) is 0 Å². The Morgan fingerprint density at radius 2 is 1.96 bits per heavy atom. The molecule has 0 aliphatic carbocycles. The van der Waals surface area contributed by atoms with Crippen molar-refractivity contribution >= 4 is 11.7 Å². The predicted octanol–water partition coefficient (Wildman–Crippen LogP) is 2.90. The van der Waals surface area contributed by atoms with Crippen LogP contribution >= 0.6 is 0 Å². The quantitative estimate of drug-likeness (QED) is 0.942. The van der Waals surface area contributed by atoms with E-state index in [2.05, 4.69) is 18.8 Å². The maximum atomic E-state index is 12.8. The molecule has 1 saturated heterocycles. The molecule has 5 nitrogen and oxygen atoms in total. The van der Waals surface area contributed by atoms with E-state index in [1.165, 1.54) is 6.20 Å². The summed E-state index contributed by atoms with van der Waals surface area (Å²) < 4.78 is 6.24. The molecule has 2 N–H and O–H groups in total. The predicted molar refractivity (Wildman–Crippen MR) is 93.4 cm³/mol. The zero-order chi connectivity index (χ0) is 17.1. The van der Waals surface area contributed by atoms with E-state index in [1.54, 1.807) is 12.1 Å². The number of anilines is 1. The SMILES string of the molecule is CC(C)[C@H]1CN(C(=O)c2ccc(N)nc2)C[C@@H](c2ccccc2)O1. The minimum Gasteiger partial charge on any atom is -0.384 e. The number of carbonyl (C=O) groups excluding carboxylic acids is 1. The summed E-state index contributed by atoms with van der Waals surface area (Å²) >= 11 is 0. The van der Waals surface area contributed by atoms with Crippen molar-refractivity contribution in [2.75, 3.05) is 18.8 Å². The fourth-order valence-electron chi connectivity index (χ4n) is 2.89. The van der Waals surface area contributed by atoms with E-state index in [0.29, 0.717) is 30.4 Å². The van der Waals surface area contributed by atoms with Gasteiger partial charge in [0, 0.05) is 12.7 Å². The minimum atomic E-state index is -0.113. The topological polar surface area (TPSA) is 68.5 Å². The van der Waals surface area contributed by atoms with Crippen LogP contribution in [0.25, 0.3) is 0 Å². The van der Waals surface area contributed by atoms with Gasteiger partial charge in [-0.25, -0.2) is 4.98 Å². The van der Waals surface area contributed by atoms with Crippen molar-refractivity contribution in [1.29, 1.82) is 0 Å². The Morgan fingerprint density at radius 3 is 2.58 bits per heavy atom. The number of hydrogen-bond acceptors (Lipinski definition) is 4. The molecule has 2 atom stereocenters. The number of benzene rings is 1. The number of nitrogen functional groups attached to an aromatic ring is 1. The third-order valence-electron chi connectivity index (χ3n) is 4.36. The van der Waals surface area contributed by atoms with E-state index in [0.717, 1.165) is 5.56 Å². The highest BCUT2D eigenvalue weighted by atomic mass is 16.5. The van der Waals surface area contributed by atoms with E-state index in [-0.39, 0.29) is 18.1 Å². The first-order valence-electron chi connectivity index (χ1n) is 8.26. The number of pyridine rings is 1. The summed E-state index contributed by atoms with van der Waals surface area (Å²) in [6.45, 7) is 5.36. The highest BCUT2D eigenvalue weighted by Gasteiger charge is 2.33. The van der Waals surface area contributed by atoms with E-state index in [9.17, 15) is 4.79 Å². The second-order valence-corrected chi connectivity index (χ2v) is 6.50. The second-order valence-electron chi connectivity index (χ2n) is 6.50. The number of ether oxygens (including phenoxy) is 1. The van der Waals surface area contributed by atoms with Crippen molar-refractivity contribution in [3.05, 3.63) is 59.8 Å². The molecule has 1 aliphatic heterocycles. The molecule has 1 amide bonds. The van der Waals surface area contributed by atoms with E-state index >= 15 is 0 Å². The average molecular weight is 325 g/mol. The lowest BCUT2D eigenvalue weighted by Crippen LogP contribution is -2.48. The van der Waals surface area contributed by atoms with Crippen molar-refractivity contribution in [2.24, 2.45) is 5.92 Å². The molecule has 0 saturated carbocycles. The lowest BCUT2D eigenvalue weighted by atomic mass is 10.0. The molecule has 3 rings (SSSR count). The molecule has 0 unspecified atom stereocenters.